The van der Waals surface area contributed by atoms with Gasteiger partial charge in [-0.3, -0.25) is 9.89 Å². The quantitative estimate of drug-likeness (QED) is 0.620. The maximum atomic E-state index is 12.4. The lowest BCUT2D eigenvalue weighted by Crippen LogP contribution is -2.30. The number of benzene rings is 1. The van der Waals surface area contributed by atoms with Crippen LogP contribution < -0.4 is 5.32 Å². The summed E-state index contributed by atoms with van der Waals surface area (Å²) in [6.07, 6.45) is 0.799. The molecule has 0 spiro atoms. The Bertz CT molecular complexity index is 812. The number of aromatic nitrogens is 3. The number of aromatic amines is 1. The first kappa shape index (κ1) is 17.7. The van der Waals surface area contributed by atoms with Gasteiger partial charge in [-0.15, -0.1) is 16.4 Å². The second-order valence-corrected chi connectivity index (χ2v) is 7.56. The Morgan fingerprint density at radius 3 is 2.76 bits per heavy atom. The normalized spacial score (nSPS) is 12.1. The largest absolute Gasteiger partial charge is 0.344 e. The van der Waals surface area contributed by atoms with E-state index in [4.69, 9.17) is 0 Å². The van der Waals surface area contributed by atoms with E-state index in [2.05, 4.69) is 51.7 Å². The lowest BCUT2D eigenvalue weighted by atomic mass is 10.0. The number of nitrogens with zero attached hydrogens (tertiary/aromatic N) is 2. The minimum Gasteiger partial charge on any atom is -0.344 e. The molecule has 5 nitrogen and oxygen atoms in total. The first-order valence-corrected chi connectivity index (χ1v) is 9.95. The van der Waals surface area contributed by atoms with Gasteiger partial charge in [0.1, 0.15) is 5.82 Å². The van der Waals surface area contributed by atoms with Crippen molar-refractivity contribution in [1.29, 1.82) is 0 Å². The number of aryl methyl sites for hydroxylation is 2. The van der Waals surface area contributed by atoms with Crippen molar-refractivity contribution in [1.82, 2.24) is 20.5 Å². The Morgan fingerprint density at radius 1 is 1.32 bits per heavy atom. The van der Waals surface area contributed by atoms with E-state index in [-0.39, 0.29) is 17.7 Å². The van der Waals surface area contributed by atoms with Crippen molar-refractivity contribution in [2.75, 3.05) is 5.75 Å². The number of nitrogens with one attached hydrogen (secondary N) is 2. The third-order valence-corrected chi connectivity index (χ3v) is 5.51. The summed E-state index contributed by atoms with van der Waals surface area (Å²) >= 11 is 2.98. The molecule has 7 heteroatoms. The molecule has 0 bridgehead atoms. The van der Waals surface area contributed by atoms with E-state index < -0.39 is 0 Å². The molecular formula is C18H20N4OS2. The number of thioether (sulfide) groups is 1. The van der Waals surface area contributed by atoms with Crippen LogP contribution in [0.4, 0.5) is 0 Å². The van der Waals surface area contributed by atoms with Crippen LogP contribution in [0.1, 0.15) is 34.8 Å². The Labute approximate surface area is 155 Å². The molecule has 1 atom stereocenters. The van der Waals surface area contributed by atoms with Gasteiger partial charge in [-0.1, -0.05) is 54.6 Å². The van der Waals surface area contributed by atoms with Gasteiger partial charge in [0.15, 0.2) is 0 Å². The molecule has 0 saturated heterocycles. The molecule has 3 rings (SSSR count). The van der Waals surface area contributed by atoms with Crippen molar-refractivity contribution < 1.29 is 4.79 Å². The summed E-state index contributed by atoms with van der Waals surface area (Å²) in [6, 6.07) is 12.2. The second kappa shape index (κ2) is 8.31. The number of carbonyl (C=O) groups is 1. The SMILES string of the molecule is CCc1nc(SCC(=O)NC(c2ccc(C)cc2)c2cccs2)n[nH]1. The highest BCUT2D eigenvalue weighted by Gasteiger charge is 2.18. The number of carbonyl (C=O) groups excluding carboxylic acids is 1. The van der Waals surface area contributed by atoms with Crippen molar-refractivity contribution in [3.8, 4) is 0 Å². The van der Waals surface area contributed by atoms with Crippen LogP contribution in [-0.2, 0) is 11.2 Å². The fourth-order valence-corrected chi connectivity index (χ4v) is 3.80. The Kier molecular flexibility index (Phi) is 5.88. The molecule has 2 aromatic heterocycles. The minimum absolute atomic E-state index is 0.0353. The van der Waals surface area contributed by atoms with Crippen LogP contribution in [0.15, 0.2) is 46.9 Å². The van der Waals surface area contributed by atoms with Crippen molar-refractivity contribution in [2.45, 2.75) is 31.5 Å². The van der Waals surface area contributed by atoms with Crippen LogP contribution in [-0.4, -0.2) is 26.8 Å². The zero-order valence-electron chi connectivity index (χ0n) is 14.2. The maximum Gasteiger partial charge on any atom is 0.231 e. The smallest absolute Gasteiger partial charge is 0.231 e. The molecule has 25 heavy (non-hydrogen) atoms. The number of amides is 1. The van der Waals surface area contributed by atoms with E-state index in [0.717, 1.165) is 22.7 Å². The molecule has 130 valence electrons. The van der Waals surface area contributed by atoms with Gasteiger partial charge in [0.05, 0.1) is 11.8 Å². The molecule has 1 amide bonds. The average Bonchev–Trinajstić information content (AvgIpc) is 3.30. The number of H-pyrrole nitrogens is 1. The summed E-state index contributed by atoms with van der Waals surface area (Å²) < 4.78 is 0. The van der Waals surface area contributed by atoms with E-state index in [1.54, 1.807) is 11.3 Å². The van der Waals surface area contributed by atoms with Gasteiger partial charge in [-0.05, 0) is 23.9 Å². The molecule has 2 heterocycles. The molecule has 3 aromatic rings. The Morgan fingerprint density at radius 2 is 2.12 bits per heavy atom. The monoisotopic (exact) mass is 372 g/mol. The predicted molar refractivity (Wildman–Crippen MR) is 102 cm³/mol. The van der Waals surface area contributed by atoms with Gasteiger partial charge in [0.2, 0.25) is 11.1 Å². The van der Waals surface area contributed by atoms with Gasteiger partial charge in [0, 0.05) is 11.3 Å². The molecule has 1 unspecified atom stereocenters. The highest BCUT2D eigenvalue weighted by molar-refractivity contribution is 7.99. The maximum absolute atomic E-state index is 12.4. The van der Waals surface area contributed by atoms with Crippen LogP contribution in [0, 0.1) is 6.92 Å². The number of rotatable bonds is 7. The fraction of sp³-hybridized carbons (Fsp3) is 0.278. The first-order chi connectivity index (χ1) is 12.2. The Hall–Kier alpha value is -2.12. The van der Waals surface area contributed by atoms with Crippen LogP contribution in [0.5, 0.6) is 0 Å². The zero-order valence-corrected chi connectivity index (χ0v) is 15.8. The summed E-state index contributed by atoms with van der Waals surface area (Å²) in [5, 5.41) is 12.7. The first-order valence-electron chi connectivity index (χ1n) is 8.09. The highest BCUT2D eigenvalue weighted by Crippen LogP contribution is 2.26. The topological polar surface area (TPSA) is 70.7 Å². The fourth-order valence-electron chi connectivity index (χ4n) is 2.37. The van der Waals surface area contributed by atoms with Crippen LogP contribution in [0.2, 0.25) is 0 Å². The van der Waals surface area contributed by atoms with Crippen LogP contribution >= 0.6 is 23.1 Å². The highest BCUT2D eigenvalue weighted by atomic mass is 32.2. The summed E-state index contributed by atoms with van der Waals surface area (Å²) in [5.74, 6) is 1.08. The van der Waals surface area contributed by atoms with E-state index >= 15 is 0 Å². The van der Waals surface area contributed by atoms with Gasteiger partial charge in [0.25, 0.3) is 0 Å². The summed E-state index contributed by atoms with van der Waals surface area (Å²) in [7, 11) is 0. The molecule has 2 N–H and O–H groups in total. The summed E-state index contributed by atoms with van der Waals surface area (Å²) in [5.41, 5.74) is 2.28. The van der Waals surface area contributed by atoms with E-state index in [1.165, 1.54) is 17.3 Å². The predicted octanol–water partition coefficient (Wildman–Crippen LogP) is 3.73. The number of hydrogen-bond donors (Lipinski definition) is 2. The van der Waals surface area contributed by atoms with Gasteiger partial charge < -0.3 is 5.32 Å². The lowest BCUT2D eigenvalue weighted by Gasteiger charge is -2.18. The molecule has 1 aromatic carbocycles. The van der Waals surface area contributed by atoms with Crippen LogP contribution in [0.25, 0.3) is 0 Å². The van der Waals surface area contributed by atoms with Crippen molar-refractivity contribution in [3.05, 3.63) is 63.6 Å². The van der Waals surface area contributed by atoms with E-state index in [0.29, 0.717) is 5.16 Å². The number of hydrogen-bond acceptors (Lipinski definition) is 5. The standard InChI is InChI=1S/C18H20N4OS2/c1-3-15-19-18(22-21-15)25-11-16(23)20-17(14-5-4-10-24-14)13-8-6-12(2)7-9-13/h4-10,17H,3,11H2,1-2H3,(H,20,23)(H,19,21,22). The van der Waals surface area contributed by atoms with E-state index in [1.807, 2.05) is 24.4 Å². The van der Waals surface area contributed by atoms with E-state index in [9.17, 15) is 4.79 Å². The van der Waals surface area contributed by atoms with Crippen molar-refractivity contribution in [2.24, 2.45) is 0 Å². The summed E-state index contributed by atoms with van der Waals surface area (Å²) in [6.45, 7) is 4.06. The van der Waals surface area contributed by atoms with Crippen LogP contribution in [0.3, 0.4) is 0 Å². The molecule has 0 aliphatic rings. The minimum atomic E-state index is -0.132. The molecular weight excluding hydrogens is 352 g/mol. The molecule has 0 aliphatic heterocycles. The zero-order chi connectivity index (χ0) is 17.6. The lowest BCUT2D eigenvalue weighted by molar-refractivity contribution is -0.119. The van der Waals surface area contributed by atoms with Gasteiger partial charge in [-0.25, -0.2) is 4.98 Å². The average molecular weight is 373 g/mol. The van der Waals surface area contributed by atoms with Crippen molar-refractivity contribution in [3.63, 3.8) is 0 Å². The summed E-state index contributed by atoms with van der Waals surface area (Å²) in [4.78, 5) is 17.9. The molecule has 0 fully saturated rings. The van der Waals surface area contributed by atoms with Gasteiger partial charge in [-0.2, -0.15) is 0 Å². The second-order valence-electron chi connectivity index (χ2n) is 5.63. The molecule has 0 aliphatic carbocycles. The molecule has 0 radical (unpaired) electrons. The third kappa shape index (κ3) is 4.70. The van der Waals surface area contributed by atoms with Gasteiger partial charge >= 0.3 is 0 Å². The third-order valence-electron chi connectivity index (χ3n) is 3.72. The number of thiophene rings is 1. The Balaban J connectivity index is 1.67. The van der Waals surface area contributed by atoms with Crippen molar-refractivity contribution >= 4 is 29.0 Å². The molecule has 0 saturated carbocycles.